The summed E-state index contributed by atoms with van der Waals surface area (Å²) in [5.74, 6) is 0. The topological polar surface area (TPSA) is 109 Å². The molecule has 0 aliphatic heterocycles. The standard InChI is InChI=1S/C10H10N2O5S/c1-5-7(18(15,16)17)4-3-6-8(5)12(2)10(14)11-9(6)13/h3-4H,1-2H3,(H,11,13,14)(H,15,16,17). The summed E-state index contributed by atoms with van der Waals surface area (Å²) in [6.45, 7) is 1.42. The molecule has 0 aliphatic rings. The Balaban J connectivity index is 3.14. The maximum absolute atomic E-state index is 11.6. The van der Waals surface area contributed by atoms with Crippen molar-refractivity contribution in [3.05, 3.63) is 38.5 Å². The molecule has 1 aromatic heterocycles. The SMILES string of the molecule is Cc1c(S(=O)(=O)O)ccc2c(=O)[nH]c(=O)n(C)c12. The van der Waals surface area contributed by atoms with E-state index in [1.54, 1.807) is 0 Å². The maximum Gasteiger partial charge on any atom is 0.328 e. The Morgan fingerprint density at radius 3 is 2.44 bits per heavy atom. The number of aromatic amines is 1. The van der Waals surface area contributed by atoms with E-state index in [1.165, 1.54) is 20.0 Å². The van der Waals surface area contributed by atoms with Crippen LogP contribution in [-0.4, -0.2) is 22.5 Å². The van der Waals surface area contributed by atoms with Crippen LogP contribution in [0.5, 0.6) is 0 Å². The first-order valence-electron chi connectivity index (χ1n) is 4.93. The number of nitrogens with zero attached hydrogens (tertiary/aromatic N) is 1. The van der Waals surface area contributed by atoms with Crippen molar-refractivity contribution in [2.45, 2.75) is 11.8 Å². The molecule has 7 nitrogen and oxygen atoms in total. The highest BCUT2D eigenvalue weighted by molar-refractivity contribution is 7.85. The second-order valence-electron chi connectivity index (χ2n) is 3.88. The largest absolute Gasteiger partial charge is 0.328 e. The van der Waals surface area contributed by atoms with E-state index in [9.17, 15) is 18.0 Å². The molecule has 0 saturated heterocycles. The number of hydrogen-bond donors (Lipinski definition) is 2. The van der Waals surface area contributed by atoms with Crippen molar-refractivity contribution < 1.29 is 13.0 Å². The molecular weight excluding hydrogens is 260 g/mol. The maximum atomic E-state index is 11.6. The highest BCUT2D eigenvalue weighted by Gasteiger charge is 2.17. The fourth-order valence-electron chi connectivity index (χ4n) is 1.93. The molecule has 0 saturated carbocycles. The van der Waals surface area contributed by atoms with E-state index in [1.807, 2.05) is 0 Å². The molecule has 1 heterocycles. The fourth-order valence-corrected chi connectivity index (χ4v) is 2.65. The van der Waals surface area contributed by atoms with Crippen molar-refractivity contribution in [1.82, 2.24) is 9.55 Å². The van der Waals surface area contributed by atoms with Gasteiger partial charge in [0, 0.05) is 7.05 Å². The Morgan fingerprint density at radius 1 is 1.28 bits per heavy atom. The molecule has 2 aromatic rings. The minimum atomic E-state index is -4.40. The third-order valence-corrected chi connectivity index (χ3v) is 3.76. The summed E-state index contributed by atoms with van der Waals surface area (Å²) in [5, 5.41) is 0.182. The molecule has 8 heteroatoms. The zero-order chi connectivity index (χ0) is 13.7. The zero-order valence-corrected chi connectivity index (χ0v) is 10.4. The van der Waals surface area contributed by atoms with Gasteiger partial charge in [-0.2, -0.15) is 8.42 Å². The molecule has 0 bridgehead atoms. The van der Waals surface area contributed by atoms with Crippen LogP contribution in [0.1, 0.15) is 5.56 Å². The van der Waals surface area contributed by atoms with E-state index in [0.717, 1.165) is 10.6 Å². The first-order chi connectivity index (χ1) is 8.23. The van der Waals surface area contributed by atoms with Crippen molar-refractivity contribution >= 4 is 21.0 Å². The quantitative estimate of drug-likeness (QED) is 0.696. The molecule has 2 N–H and O–H groups in total. The summed E-state index contributed by atoms with van der Waals surface area (Å²) in [7, 11) is -2.99. The second kappa shape index (κ2) is 3.79. The van der Waals surface area contributed by atoms with Gasteiger partial charge in [0.05, 0.1) is 15.8 Å². The van der Waals surface area contributed by atoms with Gasteiger partial charge in [0.25, 0.3) is 15.7 Å². The number of fused-ring (bicyclic) bond motifs is 1. The Hall–Kier alpha value is -1.93. The number of rotatable bonds is 1. The first-order valence-corrected chi connectivity index (χ1v) is 6.37. The molecule has 96 valence electrons. The third-order valence-electron chi connectivity index (χ3n) is 2.76. The average Bonchev–Trinajstić information content (AvgIpc) is 2.24. The molecule has 2 rings (SSSR count). The Labute approximate surface area is 101 Å². The summed E-state index contributed by atoms with van der Waals surface area (Å²) in [6, 6.07) is 2.39. The minimum absolute atomic E-state index is 0.153. The Kier molecular flexibility index (Phi) is 2.63. The lowest BCUT2D eigenvalue weighted by Gasteiger charge is -2.09. The van der Waals surface area contributed by atoms with E-state index < -0.39 is 21.4 Å². The number of aromatic nitrogens is 2. The lowest BCUT2D eigenvalue weighted by atomic mass is 10.1. The number of H-pyrrole nitrogens is 1. The average molecular weight is 270 g/mol. The van der Waals surface area contributed by atoms with Crippen molar-refractivity contribution in [1.29, 1.82) is 0 Å². The van der Waals surface area contributed by atoms with Gasteiger partial charge in [0.2, 0.25) is 0 Å². The van der Waals surface area contributed by atoms with Gasteiger partial charge < -0.3 is 0 Å². The van der Waals surface area contributed by atoms with Gasteiger partial charge in [0.1, 0.15) is 0 Å². The van der Waals surface area contributed by atoms with Crippen molar-refractivity contribution in [3.8, 4) is 0 Å². The number of benzene rings is 1. The van der Waals surface area contributed by atoms with Gasteiger partial charge in [-0.05, 0) is 24.6 Å². The van der Waals surface area contributed by atoms with Crippen LogP contribution in [0.15, 0.2) is 26.6 Å². The molecule has 0 aliphatic carbocycles. The number of nitrogens with one attached hydrogen (secondary N) is 1. The van der Waals surface area contributed by atoms with Crippen LogP contribution in [0.4, 0.5) is 0 Å². The van der Waals surface area contributed by atoms with E-state index >= 15 is 0 Å². The van der Waals surface area contributed by atoms with Crippen LogP contribution in [0.25, 0.3) is 10.9 Å². The molecular formula is C10H10N2O5S. The van der Waals surface area contributed by atoms with Gasteiger partial charge in [-0.1, -0.05) is 0 Å². The van der Waals surface area contributed by atoms with E-state index in [4.69, 9.17) is 4.55 Å². The van der Waals surface area contributed by atoms with Crippen LogP contribution in [-0.2, 0) is 17.2 Å². The van der Waals surface area contributed by atoms with Crippen LogP contribution in [0.2, 0.25) is 0 Å². The lowest BCUT2D eigenvalue weighted by molar-refractivity contribution is 0.482. The van der Waals surface area contributed by atoms with E-state index in [-0.39, 0.29) is 21.4 Å². The molecule has 0 amide bonds. The summed E-state index contributed by atoms with van der Waals surface area (Å²) < 4.78 is 32.5. The van der Waals surface area contributed by atoms with Gasteiger partial charge >= 0.3 is 5.69 Å². The Morgan fingerprint density at radius 2 is 1.89 bits per heavy atom. The van der Waals surface area contributed by atoms with Gasteiger partial charge in [0.15, 0.2) is 0 Å². The van der Waals surface area contributed by atoms with Crippen LogP contribution < -0.4 is 11.2 Å². The van der Waals surface area contributed by atoms with Crippen LogP contribution in [0, 0.1) is 6.92 Å². The van der Waals surface area contributed by atoms with Crippen molar-refractivity contribution in [2.75, 3.05) is 0 Å². The van der Waals surface area contributed by atoms with Crippen molar-refractivity contribution in [2.24, 2.45) is 7.05 Å². The lowest BCUT2D eigenvalue weighted by Crippen LogP contribution is -2.29. The summed E-state index contributed by atoms with van der Waals surface area (Å²) in [5.41, 5.74) is -0.916. The summed E-state index contributed by atoms with van der Waals surface area (Å²) in [6.07, 6.45) is 0. The summed E-state index contributed by atoms with van der Waals surface area (Å²) in [4.78, 5) is 24.8. The second-order valence-corrected chi connectivity index (χ2v) is 5.27. The normalized spacial score (nSPS) is 11.9. The Bertz CT molecular complexity index is 860. The highest BCUT2D eigenvalue weighted by Crippen LogP contribution is 2.21. The third kappa shape index (κ3) is 1.75. The van der Waals surface area contributed by atoms with Gasteiger partial charge in [-0.25, -0.2) is 4.79 Å². The monoisotopic (exact) mass is 270 g/mol. The molecule has 0 atom stereocenters. The van der Waals surface area contributed by atoms with Gasteiger partial charge in [-0.15, -0.1) is 0 Å². The zero-order valence-electron chi connectivity index (χ0n) is 9.59. The molecule has 0 fully saturated rings. The number of aryl methyl sites for hydroxylation is 2. The molecule has 0 unspecified atom stereocenters. The van der Waals surface area contributed by atoms with Gasteiger partial charge in [-0.3, -0.25) is 18.9 Å². The molecule has 18 heavy (non-hydrogen) atoms. The highest BCUT2D eigenvalue weighted by atomic mass is 32.2. The predicted molar refractivity (Wildman–Crippen MR) is 64.4 cm³/mol. The molecule has 0 spiro atoms. The summed E-state index contributed by atoms with van der Waals surface area (Å²) >= 11 is 0. The minimum Gasteiger partial charge on any atom is -0.296 e. The number of hydrogen-bond acceptors (Lipinski definition) is 4. The predicted octanol–water partition coefficient (Wildman–Crippen LogP) is -0.218. The van der Waals surface area contributed by atoms with Crippen LogP contribution in [0.3, 0.4) is 0 Å². The van der Waals surface area contributed by atoms with Crippen LogP contribution >= 0.6 is 0 Å². The molecule has 0 radical (unpaired) electrons. The first kappa shape index (κ1) is 12.5. The van der Waals surface area contributed by atoms with Crippen molar-refractivity contribution in [3.63, 3.8) is 0 Å². The smallest absolute Gasteiger partial charge is 0.296 e. The van der Waals surface area contributed by atoms with E-state index in [0.29, 0.717) is 0 Å². The molecule has 1 aromatic carbocycles. The van der Waals surface area contributed by atoms with E-state index in [2.05, 4.69) is 4.98 Å². The fraction of sp³-hybridized carbons (Fsp3) is 0.200.